The molecule has 0 saturated heterocycles. The van der Waals surface area contributed by atoms with Gasteiger partial charge in [-0.3, -0.25) is 9.89 Å². The molecule has 21 heavy (non-hydrogen) atoms. The maximum atomic E-state index is 12.2. The Morgan fingerprint density at radius 1 is 1.38 bits per heavy atom. The molecule has 2 aromatic heterocycles. The van der Waals surface area contributed by atoms with Gasteiger partial charge >= 0.3 is 0 Å². The minimum Gasteiger partial charge on any atom is -0.348 e. The van der Waals surface area contributed by atoms with E-state index in [9.17, 15) is 4.79 Å². The van der Waals surface area contributed by atoms with Crippen molar-refractivity contribution in [2.45, 2.75) is 53.0 Å². The summed E-state index contributed by atoms with van der Waals surface area (Å²) in [6.07, 6.45) is 0.347. The van der Waals surface area contributed by atoms with E-state index < -0.39 is 0 Å². The fourth-order valence-corrected chi connectivity index (χ4v) is 3.05. The van der Waals surface area contributed by atoms with E-state index >= 15 is 0 Å². The van der Waals surface area contributed by atoms with Crippen LogP contribution in [0, 0.1) is 13.8 Å². The number of rotatable bonds is 5. The third-order valence-corrected chi connectivity index (χ3v) is 4.64. The van der Waals surface area contributed by atoms with Gasteiger partial charge in [0.05, 0.1) is 28.9 Å². The summed E-state index contributed by atoms with van der Waals surface area (Å²) in [4.78, 5) is 16.7. The lowest BCUT2D eigenvalue weighted by Crippen LogP contribution is -2.28. The Morgan fingerprint density at radius 3 is 2.62 bits per heavy atom. The molecule has 0 aromatic carbocycles. The lowest BCUT2D eigenvalue weighted by atomic mass is 10.1. The molecule has 2 aromatic rings. The number of carbonyl (C=O) groups is 1. The van der Waals surface area contributed by atoms with Crippen molar-refractivity contribution in [3.8, 4) is 0 Å². The molecule has 1 unspecified atom stereocenters. The van der Waals surface area contributed by atoms with Crippen LogP contribution in [0.5, 0.6) is 0 Å². The van der Waals surface area contributed by atoms with Crippen LogP contribution in [-0.4, -0.2) is 21.1 Å². The summed E-state index contributed by atoms with van der Waals surface area (Å²) in [6, 6.07) is -0.0752. The Hall–Kier alpha value is -1.69. The van der Waals surface area contributed by atoms with Gasteiger partial charge in [0, 0.05) is 22.6 Å². The molecule has 0 spiro atoms. The summed E-state index contributed by atoms with van der Waals surface area (Å²) < 4.78 is 0. The van der Waals surface area contributed by atoms with Gasteiger partial charge in [0.15, 0.2) is 0 Å². The van der Waals surface area contributed by atoms with E-state index in [-0.39, 0.29) is 11.9 Å². The first-order chi connectivity index (χ1) is 9.88. The van der Waals surface area contributed by atoms with Gasteiger partial charge in [-0.15, -0.1) is 11.3 Å². The summed E-state index contributed by atoms with van der Waals surface area (Å²) in [6.45, 7) is 10.0. The Morgan fingerprint density at radius 2 is 2.10 bits per heavy atom. The van der Waals surface area contributed by atoms with Crippen molar-refractivity contribution in [3.05, 3.63) is 33.0 Å². The SMILES string of the molecule is Cc1n[nH]c(C)c1CC(=O)NC(C)c1csc(C(C)C)n1. The average molecular weight is 306 g/mol. The molecule has 0 bridgehead atoms. The van der Waals surface area contributed by atoms with Crippen molar-refractivity contribution in [2.24, 2.45) is 0 Å². The zero-order valence-electron chi connectivity index (χ0n) is 13.2. The zero-order valence-corrected chi connectivity index (χ0v) is 14.0. The molecule has 0 saturated carbocycles. The first-order valence-corrected chi connectivity index (χ1v) is 8.01. The second-order valence-corrected chi connectivity index (χ2v) is 6.53. The van der Waals surface area contributed by atoms with E-state index in [1.165, 1.54) is 0 Å². The molecule has 0 aliphatic carbocycles. The number of hydrogen-bond donors (Lipinski definition) is 2. The van der Waals surface area contributed by atoms with Crippen LogP contribution in [-0.2, 0) is 11.2 Å². The number of amides is 1. The van der Waals surface area contributed by atoms with E-state index in [0.29, 0.717) is 12.3 Å². The molecule has 0 aliphatic rings. The number of carbonyl (C=O) groups excluding carboxylic acids is 1. The predicted octanol–water partition coefficient (Wildman–Crippen LogP) is 3.03. The summed E-state index contributed by atoms with van der Waals surface area (Å²) in [5.41, 5.74) is 3.73. The standard InChI is InChI=1S/C15H22N4OS/c1-8(2)15-17-13(7-21-15)11(5)16-14(20)6-12-9(3)18-19-10(12)4/h7-8,11H,6H2,1-5H3,(H,16,20)(H,18,19). The highest BCUT2D eigenvalue weighted by Gasteiger charge is 2.16. The third kappa shape index (κ3) is 3.69. The molecular weight excluding hydrogens is 284 g/mol. The molecule has 0 fully saturated rings. The number of nitrogens with one attached hydrogen (secondary N) is 2. The Labute approximate surface area is 129 Å². The number of thiazole rings is 1. The van der Waals surface area contributed by atoms with Gasteiger partial charge in [-0.25, -0.2) is 4.98 Å². The Balaban J connectivity index is 1.98. The molecule has 5 nitrogen and oxygen atoms in total. The van der Waals surface area contributed by atoms with Gasteiger partial charge in [0.25, 0.3) is 0 Å². The van der Waals surface area contributed by atoms with Gasteiger partial charge in [0.1, 0.15) is 0 Å². The van der Waals surface area contributed by atoms with Gasteiger partial charge in [-0.2, -0.15) is 5.10 Å². The second kappa shape index (κ2) is 6.39. The van der Waals surface area contributed by atoms with Crippen LogP contribution in [0.15, 0.2) is 5.38 Å². The maximum Gasteiger partial charge on any atom is 0.225 e. The molecule has 0 radical (unpaired) electrons. The lowest BCUT2D eigenvalue weighted by molar-refractivity contribution is -0.121. The van der Waals surface area contributed by atoms with Crippen molar-refractivity contribution in [1.82, 2.24) is 20.5 Å². The highest BCUT2D eigenvalue weighted by Crippen LogP contribution is 2.22. The van der Waals surface area contributed by atoms with Gasteiger partial charge in [0.2, 0.25) is 5.91 Å². The first kappa shape index (κ1) is 15.7. The van der Waals surface area contributed by atoms with Gasteiger partial charge in [-0.05, 0) is 20.8 Å². The first-order valence-electron chi connectivity index (χ1n) is 7.13. The Kier molecular flexibility index (Phi) is 4.77. The fourth-order valence-electron chi connectivity index (χ4n) is 2.13. The minimum absolute atomic E-state index is 0.00537. The molecule has 114 valence electrons. The maximum absolute atomic E-state index is 12.2. The zero-order chi connectivity index (χ0) is 15.6. The number of aryl methyl sites for hydroxylation is 2. The quantitative estimate of drug-likeness (QED) is 0.892. The molecule has 1 amide bonds. The highest BCUT2D eigenvalue weighted by molar-refractivity contribution is 7.09. The van der Waals surface area contributed by atoms with E-state index in [4.69, 9.17) is 0 Å². The predicted molar refractivity (Wildman–Crippen MR) is 84.5 cm³/mol. The van der Waals surface area contributed by atoms with Crippen molar-refractivity contribution in [2.75, 3.05) is 0 Å². The number of nitrogens with zero attached hydrogens (tertiary/aromatic N) is 2. The lowest BCUT2D eigenvalue weighted by Gasteiger charge is -2.12. The average Bonchev–Trinajstić information content (AvgIpc) is 3.01. The number of aromatic amines is 1. The smallest absolute Gasteiger partial charge is 0.225 e. The highest BCUT2D eigenvalue weighted by atomic mass is 32.1. The minimum atomic E-state index is -0.0752. The number of H-pyrrole nitrogens is 1. The van der Waals surface area contributed by atoms with E-state index in [2.05, 4.69) is 34.3 Å². The molecular formula is C15H22N4OS. The number of hydrogen-bond acceptors (Lipinski definition) is 4. The van der Waals surface area contributed by atoms with Crippen molar-refractivity contribution in [3.63, 3.8) is 0 Å². The van der Waals surface area contributed by atoms with Crippen LogP contribution in [0.4, 0.5) is 0 Å². The van der Waals surface area contributed by atoms with Crippen LogP contribution in [0.1, 0.15) is 60.4 Å². The summed E-state index contributed by atoms with van der Waals surface area (Å²) in [5, 5.41) is 13.1. The van der Waals surface area contributed by atoms with Crippen LogP contribution in [0.2, 0.25) is 0 Å². The fraction of sp³-hybridized carbons (Fsp3) is 0.533. The summed E-state index contributed by atoms with van der Waals surface area (Å²) in [5.74, 6) is 0.414. The number of aromatic nitrogens is 3. The summed E-state index contributed by atoms with van der Waals surface area (Å²) in [7, 11) is 0. The van der Waals surface area contributed by atoms with Crippen molar-refractivity contribution < 1.29 is 4.79 Å². The van der Waals surface area contributed by atoms with E-state index in [0.717, 1.165) is 27.7 Å². The molecule has 2 rings (SSSR count). The molecule has 0 aliphatic heterocycles. The van der Waals surface area contributed by atoms with Crippen LogP contribution < -0.4 is 5.32 Å². The monoisotopic (exact) mass is 306 g/mol. The molecule has 6 heteroatoms. The normalized spacial score (nSPS) is 12.7. The Bertz CT molecular complexity index is 610. The van der Waals surface area contributed by atoms with Crippen molar-refractivity contribution in [1.29, 1.82) is 0 Å². The third-order valence-electron chi connectivity index (χ3n) is 3.47. The summed E-state index contributed by atoms with van der Waals surface area (Å²) >= 11 is 1.65. The van der Waals surface area contributed by atoms with E-state index in [1.54, 1.807) is 11.3 Å². The molecule has 2 heterocycles. The molecule has 1 atom stereocenters. The largest absolute Gasteiger partial charge is 0.348 e. The second-order valence-electron chi connectivity index (χ2n) is 5.64. The van der Waals surface area contributed by atoms with Gasteiger partial charge < -0.3 is 5.32 Å². The van der Waals surface area contributed by atoms with Gasteiger partial charge in [-0.1, -0.05) is 13.8 Å². The van der Waals surface area contributed by atoms with E-state index in [1.807, 2.05) is 26.2 Å². The van der Waals surface area contributed by atoms with Crippen LogP contribution >= 0.6 is 11.3 Å². The van der Waals surface area contributed by atoms with Crippen LogP contribution in [0.3, 0.4) is 0 Å². The van der Waals surface area contributed by atoms with Crippen molar-refractivity contribution >= 4 is 17.2 Å². The van der Waals surface area contributed by atoms with Crippen LogP contribution in [0.25, 0.3) is 0 Å². The topological polar surface area (TPSA) is 70.7 Å². The molecule has 2 N–H and O–H groups in total.